The van der Waals surface area contributed by atoms with Crippen LogP contribution < -0.4 is 9.47 Å². The lowest BCUT2D eigenvalue weighted by Crippen LogP contribution is -2.61. The molecule has 1 amide bonds. The van der Waals surface area contributed by atoms with Gasteiger partial charge in [0.1, 0.15) is 12.2 Å². The van der Waals surface area contributed by atoms with Gasteiger partial charge in [-0.15, -0.1) is 0 Å². The van der Waals surface area contributed by atoms with Crippen LogP contribution in [0, 0.1) is 0 Å². The Morgan fingerprint density at radius 3 is 2.43 bits per heavy atom. The lowest BCUT2D eigenvalue weighted by molar-refractivity contribution is -0.177. The zero-order valence-corrected chi connectivity index (χ0v) is 16.7. The minimum atomic E-state index is -0.771. The number of esters is 2. The molecule has 0 saturated heterocycles. The number of carbonyl (C=O) groups excluding carboxylic acids is 3. The van der Waals surface area contributed by atoms with E-state index in [2.05, 4.69) is 0 Å². The van der Waals surface area contributed by atoms with Crippen LogP contribution in [0.2, 0.25) is 0 Å². The summed E-state index contributed by atoms with van der Waals surface area (Å²) in [5.74, 6) is -0.478. The average molecular weight is 415 g/mol. The Kier molecular flexibility index (Phi) is 4.25. The van der Waals surface area contributed by atoms with E-state index in [0.29, 0.717) is 29.2 Å². The second-order valence-electron chi connectivity index (χ2n) is 7.73. The van der Waals surface area contributed by atoms with Crippen LogP contribution in [0.4, 0.5) is 0 Å². The number of methoxy groups -OCH3 is 1. The molecule has 0 unspecified atom stereocenters. The van der Waals surface area contributed by atoms with E-state index in [1.54, 1.807) is 17.0 Å². The minimum Gasteiger partial charge on any atom is -0.459 e. The van der Waals surface area contributed by atoms with Crippen LogP contribution in [-0.4, -0.2) is 67.5 Å². The van der Waals surface area contributed by atoms with Gasteiger partial charge in [-0.1, -0.05) is 6.08 Å². The Labute approximate surface area is 172 Å². The highest BCUT2D eigenvalue weighted by atomic mass is 16.7. The van der Waals surface area contributed by atoms with Crippen LogP contribution >= 0.6 is 0 Å². The summed E-state index contributed by atoms with van der Waals surface area (Å²) < 4.78 is 28.0. The topological polar surface area (TPSA) is 101 Å². The van der Waals surface area contributed by atoms with Gasteiger partial charge in [-0.25, -0.2) is 0 Å². The van der Waals surface area contributed by atoms with Crippen LogP contribution in [0.25, 0.3) is 0 Å². The molecule has 1 fully saturated rings. The van der Waals surface area contributed by atoms with E-state index in [1.807, 2.05) is 6.08 Å². The molecule has 1 aromatic rings. The maximum Gasteiger partial charge on any atom is 0.303 e. The van der Waals surface area contributed by atoms with Crippen molar-refractivity contribution in [2.24, 2.45) is 0 Å². The van der Waals surface area contributed by atoms with Crippen LogP contribution in [-0.2, 0) is 23.8 Å². The molecule has 158 valence electrons. The highest BCUT2D eigenvalue weighted by Gasteiger charge is 2.59. The van der Waals surface area contributed by atoms with Crippen molar-refractivity contribution < 1.29 is 38.1 Å². The van der Waals surface area contributed by atoms with Gasteiger partial charge in [0.2, 0.25) is 6.79 Å². The number of hydrogen-bond donors (Lipinski definition) is 0. The first-order valence-electron chi connectivity index (χ1n) is 9.72. The van der Waals surface area contributed by atoms with Crippen LogP contribution in [0.1, 0.15) is 35.7 Å². The van der Waals surface area contributed by atoms with E-state index in [-0.39, 0.29) is 12.7 Å². The van der Waals surface area contributed by atoms with Gasteiger partial charge in [-0.2, -0.15) is 0 Å². The largest absolute Gasteiger partial charge is 0.459 e. The van der Waals surface area contributed by atoms with Crippen molar-refractivity contribution in [3.05, 3.63) is 34.9 Å². The van der Waals surface area contributed by atoms with Crippen molar-refractivity contribution in [2.75, 3.05) is 20.4 Å². The molecular weight excluding hydrogens is 394 g/mol. The number of fused-ring (bicyclic) bond motifs is 3. The lowest BCUT2D eigenvalue weighted by Gasteiger charge is -2.50. The van der Waals surface area contributed by atoms with E-state index in [1.165, 1.54) is 21.0 Å². The first kappa shape index (κ1) is 18.9. The van der Waals surface area contributed by atoms with Crippen molar-refractivity contribution in [3.63, 3.8) is 0 Å². The quantitative estimate of drug-likeness (QED) is 0.536. The molecule has 9 heteroatoms. The van der Waals surface area contributed by atoms with Crippen LogP contribution in [0.3, 0.4) is 0 Å². The van der Waals surface area contributed by atoms with Gasteiger partial charge in [0.25, 0.3) is 5.91 Å². The summed E-state index contributed by atoms with van der Waals surface area (Å²) in [6, 6.07) is 3.05. The fourth-order valence-electron chi connectivity index (χ4n) is 5.08. The van der Waals surface area contributed by atoms with Crippen molar-refractivity contribution in [1.29, 1.82) is 0 Å². The van der Waals surface area contributed by atoms with Gasteiger partial charge in [-0.3, -0.25) is 14.4 Å². The number of nitrogens with zero attached hydrogens (tertiary/aromatic N) is 1. The Balaban J connectivity index is 1.69. The predicted molar refractivity (Wildman–Crippen MR) is 100 cm³/mol. The molecular formula is C21H21NO8. The lowest BCUT2D eigenvalue weighted by atomic mass is 9.69. The molecule has 9 nitrogen and oxygen atoms in total. The average Bonchev–Trinajstić information content (AvgIpc) is 3.32. The molecule has 1 aliphatic carbocycles. The third kappa shape index (κ3) is 2.61. The van der Waals surface area contributed by atoms with Crippen molar-refractivity contribution in [2.45, 2.75) is 44.1 Å². The third-order valence-corrected chi connectivity index (χ3v) is 6.11. The Morgan fingerprint density at radius 1 is 1.07 bits per heavy atom. The van der Waals surface area contributed by atoms with Gasteiger partial charge in [0, 0.05) is 39.0 Å². The van der Waals surface area contributed by atoms with Crippen LogP contribution in [0.5, 0.6) is 11.5 Å². The number of benzene rings is 1. The maximum atomic E-state index is 13.3. The molecule has 3 aliphatic heterocycles. The second kappa shape index (κ2) is 6.73. The summed E-state index contributed by atoms with van der Waals surface area (Å²) in [5.41, 5.74) is 1.96. The monoisotopic (exact) mass is 415 g/mol. The molecule has 0 N–H and O–H groups in total. The fourth-order valence-corrected chi connectivity index (χ4v) is 5.08. The van der Waals surface area contributed by atoms with E-state index >= 15 is 0 Å². The predicted octanol–water partition coefficient (Wildman–Crippen LogP) is 1.16. The van der Waals surface area contributed by atoms with Crippen molar-refractivity contribution in [1.82, 2.24) is 4.90 Å². The van der Waals surface area contributed by atoms with Gasteiger partial charge >= 0.3 is 11.9 Å². The summed E-state index contributed by atoms with van der Waals surface area (Å²) in [6.45, 7) is 3.08. The fraction of sp³-hybridized carbons (Fsp3) is 0.476. The second-order valence-corrected chi connectivity index (χ2v) is 7.73. The third-order valence-electron chi connectivity index (χ3n) is 6.11. The maximum absolute atomic E-state index is 13.3. The highest BCUT2D eigenvalue weighted by Crippen LogP contribution is 2.51. The van der Waals surface area contributed by atoms with E-state index in [9.17, 15) is 14.4 Å². The Morgan fingerprint density at radius 2 is 1.77 bits per heavy atom. The number of carbonyl (C=O) groups is 3. The first-order valence-corrected chi connectivity index (χ1v) is 9.72. The summed E-state index contributed by atoms with van der Waals surface area (Å²) >= 11 is 0. The zero-order valence-electron chi connectivity index (χ0n) is 16.7. The molecule has 5 rings (SSSR count). The van der Waals surface area contributed by atoms with Gasteiger partial charge in [0.05, 0.1) is 6.04 Å². The SMILES string of the molecule is CO[C@@H]1[C@@H](OC(C)=O)[C@H]2c3cc4c(cc3C(=O)N3CC=C([C@H]1OC(C)=O)[C@H]23)OCO4. The number of rotatable bonds is 3. The molecule has 1 saturated carbocycles. The number of hydrogen-bond acceptors (Lipinski definition) is 8. The number of amides is 1. The van der Waals surface area contributed by atoms with Crippen molar-refractivity contribution >= 4 is 17.8 Å². The minimum absolute atomic E-state index is 0.0813. The standard InChI is InChI=1S/C21H21NO8/c1-9(23)29-18-11-4-5-22-17(11)16(19(20(18)26-3)30-10(2)24)12-6-14-15(28-8-27-14)7-13(12)21(22)25/h4,6-7,16-20H,5,8H2,1-3H3/t16-,17+,18+,19-,20-/m0/s1. The van der Waals surface area contributed by atoms with E-state index < -0.39 is 42.2 Å². The Hall–Kier alpha value is -3.07. The summed E-state index contributed by atoms with van der Waals surface area (Å²) in [5, 5.41) is 0. The smallest absolute Gasteiger partial charge is 0.303 e. The molecule has 5 atom stereocenters. The zero-order chi connectivity index (χ0) is 21.2. The molecule has 1 aromatic carbocycles. The molecule has 0 bridgehead atoms. The molecule has 30 heavy (non-hydrogen) atoms. The molecule has 0 radical (unpaired) electrons. The van der Waals surface area contributed by atoms with E-state index in [0.717, 1.165) is 5.57 Å². The molecule has 3 heterocycles. The normalized spacial score (nSPS) is 30.4. The summed E-state index contributed by atoms with van der Waals surface area (Å²) in [4.78, 5) is 38.8. The number of ether oxygens (including phenoxy) is 5. The summed E-state index contributed by atoms with van der Waals surface area (Å²) in [7, 11) is 1.49. The molecule has 0 spiro atoms. The molecule has 4 aliphatic rings. The van der Waals surface area contributed by atoms with Gasteiger partial charge in [0.15, 0.2) is 17.6 Å². The Bertz CT molecular complexity index is 985. The highest BCUT2D eigenvalue weighted by molar-refractivity contribution is 5.99. The van der Waals surface area contributed by atoms with Gasteiger partial charge < -0.3 is 28.6 Å². The van der Waals surface area contributed by atoms with Crippen molar-refractivity contribution in [3.8, 4) is 11.5 Å². The van der Waals surface area contributed by atoms with Crippen LogP contribution in [0.15, 0.2) is 23.8 Å². The molecule has 0 aromatic heterocycles. The van der Waals surface area contributed by atoms with Gasteiger partial charge in [-0.05, 0) is 23.3 Å². The summed E-state index contributed by atoms with van der Waals surface area (Å²) in [6.07, 6.45) is -0.360. The van der Waals surface area contributed by atoms with E-state index in [4.69, 9.17) is 23.7 Å². The first-order chi connectivity index (χ1) is 14.4.